The van der Waals surface area contributed by atoms with Crippen LogP contribution in [0.1, 0.15) is 38.5 Å². The second kappa shape index (κ2) is 7.34. The molecule has 1 fully saturated rings. The van der Waals surface area contributed by atoms with Crippen LogP contribution in [0.25, 0.3) is 11.4 Å². The lowest BCUT2D eigenvalue weighted by Gasteiger charge is -2.35. The zero-order valence-corrected chi connectivity index (χ0v) is 15.8. The standard InChI is InChI=1S/C18H21Cl2N3O2/c1-18(2,11-19)17(24)23-8-4-6-13(10-23)16-21-15(22-25-16)12-5-3-7-14(20)9-12/h3,5,7,9,13H,4,6,8,10-11H2,1-2H3/t13-/m1/s1. The van der Waals surface area contributed by atoms with Crippen LogP contribution in [0.2, 0.25) is 5.02 Å². The van der Waals surface area contributed by atoms with Crippen molar-refractivity contribution in [3.8, 4) is 11.4 Å². The minimum atomic E-state index is -0.565. The Kier molecular flexibility index (Phi) is 5.35. The van der Waals surface area contributed by atoms with Crippen LogP contribution in [-0.4, -0.2) is 39.9 Å². The average Bonchev–Trinajstić information content (AvgIpc) is 3.11. The molecular formula is C18H21Cl2N3O2. The first-order chi connectivity index (χ1) is 11.9. The molecule has 0 N–H and O–H groups in total. The summed E-state index contributed by atoms with van der Waals surface area (Å²) >= 11 is 12.0. The van der Waals surface area contributed by atoms with E-state index in [1.807, 2.05) is 30.9 Å². The zero-order chi connectivity index (χ0) is 18.0. The van der Waals surface area contributed by atoms with E-state index in [1.54, 1.807) is 12.1 Å². The highest BCUT2D eigenvalue weighted by molar-refractivity contribution is 6.30. The molecule has 1 aliphatic heterocycles. The number of carbonyl (C=O) groups excluding carboxylic acids is 1. The second-order valence-electron chi connectivity index (χ2n) is 7.07. The SMILES string of the molecule is CC(C)(CCl)C(=O)N1CCC[C@@H](c2nc(-c3cccc(Cl)c3)no2)C1. The van der Waals surface area contributed by atoms with E-state index in [4.69, 9.17) is 27.7 Å². The van der Waals surface area contributed by atoms with E-state index in [9.17, 15) is 4.79 Å². The number of benzene rings is 1. The number of hydrogen-bond donors (Lipinski definition) is 0. The largest absolute Gasteiger partial charge is 0.341 e. The maximum Gasteiger partial charge on any atom is 0.231 e. The Bertz CT molecular complexity index is 760. The molecule has 0 saturated carbocycles. The number of piperidine rings is 1. The molecule has 1 saturated heterocycles. The zero-order valence-electron chi connectivity index (χ0n) is 14.3. The fourth-order valence-electron chi connectivity index (χ4n) is 2.99. The molecule has 5 nitrogen and oxygen atoms in total. The van der Waals surface area contributed by atoms with E-state index in [2.05, 4.69) is 10.1 Å². The second-order valence-corrected chi connectivity index (χ2v) is 7.78. The topological polar surface area (TPSA) is 59.2 Å². The van der Waals surface area contributed by atoms with Gasteiger partial charge in [0, 0.05) is 29.6 Å². The number of rotatable bonds is 4. The van der Waals surface area contributed by atoms with Crippen LogP contribution in [0.5, 0.6) is 0 Å². The third kappa shape index (κ3) is 3.98. The van der Waals surface area contributed by atoms with Crippen molar-refractivity contribution < 1.29 is 9.32 Å². The molecule has 0 bridgehead atoms. The highest BCUT2D eigenvalue weighted by Gasteiger charge is 2.35. The lowest BCUT2D eigenvalue weighted by atomic mass is 9.91. The molecule has 0 spiro atoms. The van der Waals surface area contributed by atoms with Crippen LogP contribution >= 0.6 is 23.2 Å². The van der Waals surface area contributed by atoms with E-state index in [0.717, 1.165) is 24.9 Å². The van der Waals surface area contributed by atoms with Gasteiger partial charge in [-0.3, -0.25) is 4.79 Å². The summed E-state index contributed by atoms with van der Waals surface area (Å²) in [6, 6.07) is 7.34. The minimum Gasteiger partial charge on any atom is -0.341 e. The van der Waals surface area contributed by atoms with Gasteiger partial charge in [-0.1, -0.05) is 28.9 Å². The third-order valence-corrected chi connectivity index (χ3v) is 5.40. The van der Waals surface area contributed by atoms with Crippen LogP contribution in [-0.2, 0) is 4.79 Å². The Morgan fingerprint density at radius 3 is 2.96 bits per heavy atom. The Morgan fingerprint density at radius 1 is 1.44 bits per heavy atom. The normalized spacial score (nSPS) is 18.4. The molecule has 1 atom stereocenters. The van der Waals surface area contributed by atoms with Gasteiger partial charge in [-0.05, 0) is 38.8 Å². The summed E-state index contributed by atoms with van der Waals surface area (Å²) in [6.45, 7) is 5.06. The van der Waals surface area contributed by atoms with Crippen molar-refractivity contribution in [3.63, 3.8) is 0 Å². The number of hydrogen-bond acceptors (Lipinski definition) is 4. The van der Waals surface area contributed by atoms with Crippen molar-refractivity contribution in [2.45, 2.75) is 32.6 Å². The summed E-state index contributed by atoms with van der Waals surface area (Å²) in [6.07, 6.45) is 1.83. The van der Waals surface area contributed by atoms with E-state index in [1.165, 1.54) is 0 Å². The van der Waals surface area contributed by atoms with Gasteiger partial charge >= 0.3 is 0 Å². The molecule has 1 aromatic carbocycles. The van der Waals surface area contributed by atoms with E-state index in [0.29, 0.717) is 29.2 Å². The molecule has 0 aliphatic carbocycles. The number of likely N-dealkylation sites (tertiary alicyclic amines) is 1. The summed E-state index contributed by atoms with van der Waals surface area (Å²) in [5.41, 5.74) is 0.249. The van der Waals surface area contributed by atoms with Gasteiger partial charge in [0.05, 0.1) is 11.3 Å². The van der Waals surface area contributed by atoms with Crippen molar-refractivity contribution in [2.24, 2.45) is 5.41 Å². The Hall–Kier alpha value is -1.59. The van der Waals surface area contributed by atoms with Gasteiger partial charge in [0.15, 0.2) is 0 Å². The summed E-state index contributed by atoms with van der Waals surface area (Å²) in [7, 11) is 0. The van der Waals surface area contributed by atoms with Crippen LogP contribution in [0.4, 0.5) is 0 Å². The highest BCUT2D eigenvalue weighted by Crippen LogP contribution is 2.31. The maximum atomic E-state index is 12.7. The van der Waals surface area contributed by atoms with Crippen molar-refractivity contribution >= 4 is 29.1 Å². The number of carbonyl (C=O) groups is 1. The van der Waals surface area contributed by atoms with Gasteiger partial charge in [0.2, 0.25) is 17.6 Å². The molecule has 0 unspecified atom stereocenters. The van der Waals surface area contributed by atoms with Gasteiger partial charge in [0.25, 0.3) is 0 Å². The quantitative estimate of drug-likeness (QED) is 0.738. The first-order valence-electron chi connectivity index (χ1n) is 8.35. The van der Waals surface area contributed by atoms with Crippen LogP contribution < -0.4 is 0 Å². The molecule has 7 heteroatoms. The number of halogens is 2. The molecular weight excluding hydrogens is 361 g/mol. The Morgan fingerprint density at radius 2 is 2.24 bits per heavy atom. The van der Waals surface area contributed by atoms with Crippen molar-refractivity contribution in [1.82, 2.24) is 15.0 Å². The summed E-state index contributed by atoms with van der Waals surface area (Å²) in [5.74, 6) is 1.50. The predicted molar refractivity (Wildman–Crippen MR) is 97.8 cm³/mol. The van der Waals surface area contributed by atoms with Gasteiger partial charge in [-0.25, -0.2) is 0 Å². The number of alkyl halides is 1. The molecule has 25 heavy (non-hydrogen) atoms. The first kappa shape index (κ1) is 18.2. The minimum absolute atomic E-state index is 0.0456. The lowest BCUT2D eigenvalue weighted by molar-refractivity contribution is -0.140. The lowest BCUT2D eigenvalue weighted by Crippen LogP contribution is -2.46. The predicted octanol–water partition coefficient (Wildman–Crippen LogP) is 4.36. The fourth-order valence-corrected chi connectivity index (χ4v) is 3.30. The number of amides is 1. The number of aromatic nitrogens is 2. The Labute approximate surface area is 157 Å². The summed E-state index contributed by atoms with van der Waals surface area (Å²) < 4.78 is 5.47. The molecule has 1 aromatic heterocycles. The van der Waals surface area contributed by atoms with Crippen molar-refractivity contribution in [1.29, 1.82) is 0 Å². The van der Waals surface area contributed by atoms with E-state index >= 15 is 0 Å². The maximum absolute atomic E-state index is 12.7. The van der Waals surface area contributed by atoms with Gasteiger partial charge in [0.1, 0.15) is 0 Å². The van der Waals surface area contributed by atoms with E-state index < -0.39 is 5.41 Å². The average molecular weight is 382 g/mol. The molecule has 134 valence electrons. The van der Waals surface area contributed by atoms with E-state index in [-0.39, 0.29) is 11.8 Å². The van der Waals surface area contributed by atoms with Crippen LogP contribution in [0, 0.1) is 5.41 Å². The Balaban J connectivity index is 1.75. The molecule has 2 heterocycles. The fraction of sp³-hybridized carbons (Fsp3) is 0.500. The van der Waals surface area contributed by atoms with Gasteiger partial charge < -0.3 is 9.42 Å². The first-order valence-corrected chi connectivity index (χ1v) is 9.27. The molecule has 3 rings (SSSR count). The summed E-state index contributed by atoms with van der Waals surface area (Å²) in [4.78, 5) is 19.0. The van der Waals surface area contributed by atoms with Crippen LogP contribution in [0.15, 0.2) is 28.8 Å². The highest BCUT2D eigenvalue weighted by atomic mass is 35.5. The van der Waals surface area contributed by atoms with Gasteiger partial charge in [-0.2, -0.15) is 4.98 Å². The molecule has 2 aromatic rings. The molecule has 0 radical (unpaired) electrons. The van der Waals surface area contributed by atoms with Crippen LogP contribution in [0.3, 0.4) is 0 Å². The third-order valence-electron chi connectivity index (χ3n) is 4.50. The monoisotopic (exact) mass is 381 g/mol. The summed E-state index contributed by atoms with van der Waals surface area (Å²) in [5, 5.41) is 4.69. The smallest absolute Gasteiger partial charge is 0.231 e. The van der Waals surface area contributed by atoms with Crippen molar-refractivity contribution in [2.75, 3.05) is 19.0 Å². The molecule has 1 aliphatic rings. The van der Waals surface area contributed by atoms with Gasteiger partial charge in [-0.15, -0.1) is 11.6 Å². The number of nitrogens with zero attached hydrogens (tertiary/aromatic N) is 3. The molecule has 1 amide bonds. The van der Waals surface area contributed by atoms with Crippen molar-refractivity contribution in [3.05, 3.63) is 35.2 Å².